The van der Waals surface area contributed by atoms with Gasteiger partial charge in [-0.25, -0.2) is 0 Å². The molecule has 0 atom stereocenters. The van der Waals surface area contributed by atoms with Crippen LogP contribution in [0.3, 0.4) is 0 Å². The standard InChI is InChI=1S/C35H42N4O4/c1-5-42-30-22-28-29(23-31(30)43-6-2)37-34(40)32(28)33(25-10-8-7-9-11-25)36-27-14-12-24(13-15-27)16-19-39-20-17-26(18-21-39)35(41)38(3)4/h7-15,22-23,26,36H,5-6,16-21H2,1-4H3,(H,37,40)/b33-32-. The molecule has 0 radical (unpaired) electrons. The van der Waals surface area contributed by atoms with Gasteiger partial charge in [0, 0.05) is 43.9 Å². The predicted molar refractivity (Wildman–Crippen MR) is 172 cm³/mol. The van der Waals surface area contributed by atoms with Gasteiger partial charge in [0.15, 0.2) is 11.5 Å². The molecule has 1 fully saturated rings. The second kappa shape index (κ2) is 13.8. The Kier molecular flexibility index (Phi) is 9.67. The van der Waals surface area contributed by atoms with Crippen LogP contribution in [-0.2, 0) is 16.0 Å². The van der Waals surface area contributed by atoms with Gasteiger partial charge in [-0.1, -0.05) is 42.5 Å². The highest BCUT2D eigenvalue weighted by atomic mass is 16.5. The Morgan fingerprint density at radius 1 is 0.953 bits per heavy atom. The van der Waals surface area contributed by atoms with Gasteiger partial charge in [-0.05, 0) is 75.5 Å². The summed E-state index contributed by atoms with van der Waals surface area (Å²) in [7, 11) is 3.68. The van der Waals surface area contributed by atoms with E-state index in [9.17, 15) is 9.59 Å². The molecule has 0 saturated carbocycles. The fourth-order valence-corrected chi connectivity index (χ4v) is 5.80. The van der Waals surface area contributed by atoms with Gasteiger partial charge in [0.1, 0.15) is 0 Å². The van der Waals surface area contributed by atoms with E-state index in [1.54, 1.807) is 4.90 Å². The van der Waals surface area contributed by atoms with Gasteiger partial charge < -0.3 is 29.9 Å². The van der Waals surface area contributed by atoms with Gasteiger partial charge in [0.05, 0.1) is 30.2 Å². The Morgan fingerprint density at radius 2 is 1.60 bits per heavy atom. The lowest BCUT2D eigenvalue weighted by molar-refractivity contribution is -0.134. The van der Waals surface area contributed by atoms with E-state index in [1.165, 1.54) is 5.56 Å². The summed E-state index contributed by atoms with van der Waals surface area (Å²) in [5.74, 6) is 1.44. The quantitative estimate of drug-likeness (QED) is 0.280. The van der Waals surface area contributed by atoms with E-state index in [0.29, 0.717) is 36.0 Å². The Labute approximate surface area is 254 Å². The third kappa shape index (κ3) is 7.03. The van der Waals surface area contributed by atoms with Crippen LogP contribution in [0.15, 0.2) is 66.7 Å². The summed E-state index contributed by atoms with van der Waals surface area (Å²) in [4.78, 5) is 29.9. The van der Waals surface area contributed by atoms with Gasteiger partial charge in [0.2, 0.25) is 5.91 Å². The zero-order valence-corrected chi connectivity index (χ0v) is 25.6. The zero-order chi connectivity index (χ0) is 30.3. The van der Waals surface area contributed by atoms with Crippen LogP contribution in [0.4, 0.5) is 11.4 Å². The first kappa shape index (κ1) is 30.2. The van der Waals surface area contributed by atoms with E-state index < -0.39 is 0 Å². The summed E-state index contributed by atoms with van der Waals surface area (Å²) in [6.45, 7) is 7.73. The second-order valence-corrected chi connectivity index (χ2v) is 11.2. The number of nitrogens with zero attached hydrogens (tertiary/aromatic N) is 2. The molecular formula is C35H42N4O4. The number of amides is 2. The average molecular weight is 583 g/mol. The van der Waals surface area contributed by atoms with Crippen LogP contribution in [0, 0.1) is 5.92 Å². The van der Waals surface area contributed by atoms with Crippen molar-refractivity contribution in [1.82, 2.24) is 9.80 Å². The van der Waals surface area contributed by atoms with Crippen molar-refractivity contribution in [3.05, 3.63) is 83.4 Å². The maximum absolute atomic E-state index is 13.4. The molecular weight excluding hydrogens is 540 g/mol. The first-order valence-corrected chi connectivity index (χ1v) is 15.2. The Bertz CT molecular complexity index is 1460. The molecule has 3 aromatic rings. The van der Waals surface area contributed by atoms with Gasteiger partial charge >= 0.3 is 0 Å². The molecule has 43 heavy (non-hydrogen) atoms. The summed E-state index contributed by atoms with van der Waals surface area (Å²) in [6.07, 6.45) is 2.79. The monoisotopic (exact) mass is 582 g/mol. The van der Waals surface area contributed by atoms with Crippen molar-refractivity contribution in [2.45, 2.75) is 33.1 Å². The fourth-order valence-electron chi connectivity index (χ4n) is 5.80. The van der Waals surface area contributed by atoms with Crippen LogP contribution < -0.4 is 20.1 Å². The molecule has 8 nitrogen and oxygen atoms in total. The van der Waals surface area contributed by atoms with Crippen LogP contribution in [0.2, 0.25) is 0 Å². The Hall–Kier alpha value is -4.30. The lowest BCUT2D eigenvalue weighted by atomic mass is 9.95. The smallest absolute Gasteiger partial charge is 0.258 e. The molecule has 0 aliphatic carbocycles. The first-order valence-electron chi connectivity index (χ1n) is 15.2. The number of rotatable bonds is 11. The largest absolute Gasteiger partial charge is 0.490 e. The van der Waals surface area contributed by atoms with Gasteiger partial charge in [0.25, 0.3) is 5.91 Å². The minimum atomic E-state index is -0.176. The van der Waals surface area contributed by atoms with E-state index in [0.717, 1.165) is 61.4 Å². The molecule has 2 heterocycles. The van der Waals surface area contributed by atoms with Crippen molar-refractivity contribution < 1.29 is 19.1 Å². The summed E-state index contributed by atoms with van der Waals surface area (Å²) in [6, 6.07) is 22.1. The lowest BCUT2D eigenvalue weighted by Crippen LogP contribution is -2.40. The number of likely N-dealkylation sites (tertiary alicyclic amines) is 1. The summed E-state index contributed by atoms with van der Waals surface area (Å²) in [5, 5.41) is 6.58. The van der Waals surface area contributed by atoms with E-state index in [-0.39, 0.29) is 17.7 Å². The number of hydrogen-bond acceptors (Lipinski definition) is 6. The number of hydrogen-bond donors (Lipinski definition) is 2. The summed E-state index contributed by atoms with van der Waals surface area (Å²) < 4.78 is 11.7. The van der Waals surface area contributed by atoms with Crippen LogP contribution in [0.1, 0.15) is 43.4 Å². The number of piperidine rings is 1. The normalized spacial score (nSPS) is 16.3. The molecule has 5 rings (SSSR count). The topological polar surface area (TPSA) is 83.1 Å². The van der Waals surface area contributed by atoms with E-state index in [4.69, 9.17) is 9.47 Å². The van der Waals surface area contributed by atoms with Crippen molar-refractivity contribution >= 4 is 34.5 Å². The maximum atomic E-state index is 13.4. The first-order chi connectivity index (χ1) is 20.9. The molecule has 3 aromatic carbocycles. The minimum Gasteiger partial charge on any atom is -0.490 e. The highest BCUT2D eigenvalue weighted by molar-refractivity contribution is 6.37. The van der Waals surface area contributed by atoms with Crippen molar-refractivity contribution in [3.63, 3.8) is 0 Å². The van der Waals surface area contributed by atoms with Crippen molar-refractivity contribution in [3.8, 4) is 11.5 Å². The minimum absolute atomic E-state index is 0.149. The van der Waals surface area contributed by atoms with Crippen LogP contribution >= 0.6 is 0 Å². The third-order valence-electron chi connectivity index (χ3n) is 8.06. The fraction of sp³-hybridized carbons (Fsp3) is 0.371. The zero-order valence-electron chi connectivity index (χ0n) is 25.6. The number of carbonyl (C=O) groups is 2. The number of anilines is 2. The van der Waals surface area contributed by atoms with E-state index >= 15 is 0 Å². The highest BCUT2D eigenvalue weighted by Crippen LogP contribution is 2.43. The van der Waals surface area contributed by atoms with Gasteiger partial charge in [-0.3, -0.25) is 9.59 Å². The van der Waals surface area contributed by atoms with Crippen LogP contribution in [0.5, 0.6) is 11.5 Å². The van der Waals surface area contributed by atoms with Gasteiger partial charge in [-0.2, -0.15) is 0 Å². The van der Waals surface area contributed by atoms with Gasteiger partial charge in [-0.15, -0.1) is 0 Å². The second-order valence-electron chi connectivity index (χ2n) is 11.2. The van der Waals surface area contributed by atoms with Crippen molar-refractivity contribution in [1.29, 1.82) is 0 Å². The molecule has 1 saturated heterocycles. The van der Waals surface area contributed by atoms with E-state index in [1.807, 2.05) is 70.4 Å². The number of carbonyl (C=O) groups excluding carboxylic acids is 2. The molecule has 2 amide bonds. The highest BCUT2D eigenvalue weighted by Gasteiger charge is 2.31. The van der Waals surface area contributed by atoms with Crippen LogP contribution in [0.25, 0.3) is 11.3 Å². The predicted octanol–water partition coefficient (Wildman–Crippen LogP) is 5.76. The number of ether oxygens (including phenoxy) is 2. The Balaban J connectivity index is 1.34. The molecule has 8 heteroatoms. The molecule has 2 aliphatic heterocycles. The maximum Gasteiger partial charge on any atom is 0.258 e. The SMILES string of the molecule is CCOc1cc2c(cc1OCC)/C(=C(/Nc1ccc(CCN3CCC(C(=O)N(C)C)CC3)cc1)c1ccccc1)C(=O)N2. The molecule has 0 aromatic heterocycles. The number of benzene rings is 3. The molecule has 2 aliphatic rings. The Morgan fingerprint density at radius 3 is 2.23 bits per heavy atom. The summed E-state index contributed by atoms with van der Waals surface area (Å²) in [5.41, 5.74) is 5.82. The third-order valence-corrected chi connectivity index (χ3v) is 8.06. The molecule has 0 spiro atoms. The van der Waals surface area contributed by atoms with Crippen molar-refractivity contribution in [2.24, 2.45) is 5.92 Å². The molecule has 0 unspecified atom stereocenters. The molecule has 0 bridgehead atoms. The van der Waals surface area contributed by atoms with E-state index in [2.05, 4.69) is 39.8 Å². The number of nitrogens with one attached hydrogen (secondary N) is 2. The van der Waals surface area contributed by atoms with Crippen molar-refractivity contribution in [2.75, 3.05) is 57.6 Å². The number of fused-ring (bicyclic) bond motifs is 1. The molecule has 226 valence electrons. The molecule has 2 N–H and O–H groups in total. The average Bonchev–Trinajstić information content (AvgIpc) is 3.34. The summed E-state index contributed by atoms with van der Waals surface area (Å²) >= 11 is 0. The van der Waals surface area contributed by atoms with Crippen LogP contribution in [-0.4, -0.2) is 68.6 Å². The lowest BCUT2D eigenvalue weighted by Gasteiger charge is -2.32.